The molecule has 1 aromatic heterocycles. The molecule has 0 spiro atoms. The Labute approximate surface area is 118 Å². The lowest BCUT2D eigenvalue weighted by Crippen LogP contribution is -2.16. The molecule has 1 amide bonds. The Morgan fingerprint density at radius 1 is 1.45 bits per heavy atom. The van der Waals surface area contributed by atoms with Crippen LogP contribution in [-0.4, -0.2) is 20.7 Å². The zero-order valence-corrected chi connectivity index (χ0v) is 11.3. The van der Waals surface area contributed by atoms with Crippen molar-refractivity contribution in [1.82, 2.24) is 14.8 Å². The summed E-state index contributed by atoms with van der Waals surface area (Å²) in [4.78, 5) is 23.6. The number of anilines is 1. The number of benzene rings is 1. The molecule has 0 radical (unpaired) electrons. The maximum absolute atomic E-state index is 11.7. The van der Waals surface area contributed by atoms with Crippen LogP contribution in [0, 0.1) is 0 Å². The molecule has 0 bridgehead atoms. The summed E-state index contributed by atoms with van der Waals surface area (Å²) < 4.78 is 1.63. The van der Waals surface area contributed by atoms with Gasteiger partial charge in [-0.3, -0.25) is 9.36 Å². The Hall–Kier alpha value is -2.22. The Morgan fingerprint density at radius 2 is 2.20 bits per heavy atom. The third kappa shape index (κ3) is 2.18. The molecule has 2 aromatic rings. The van der Waals surface area contributed by atoms with Crippen LogP contribution in [0.15, 0.2) is 33.0 Å². The largest absolute Gasteiger partial charge is 0.397 e. The molecule has 3 rings (SSSR count). The van der Waals surface area contributed by atoms with Gasteiger partial charge < -0.3 is 11.5 Å². The van der Waals surface area contributed by atoms with E-state index in [9.17, 15) is 9.59 Å². The van der Waals surface area contributed by atoms with E-state index in [4.69, 9.17) is 11.5 Å². The third-order valence-electron chi connectivity index (χ3n) is 3.12. The normalized spacial score (nSPS) is 14.4. The molecule has 1 saturated carbocycles. The van der Waals surface area contributed by atoms with Gasteiger partial charge in [-0.1, -0.05) is 6.07 Å². The van der Waals surface area contributed by atoms with Gasteiger partial charge in [0, 0.05) is 10.9 Å². The van der Waals surface area contributed by atoms with E-state index in [1.807, 2.05) is 0 Å². The topological polar surface area (TPSA) is 120 Å². The standard InChI is InChI=1S/C12H13N5O2S/c13-9-7(10(14)18)2-1-3-8(9)20-12-16-15-11(19)17(12)6-4-5-6/h1-3,6H,4-5,13H2,(H2,14,18)(H,15,19). The van der Waals surface area contributed by atoms with Crippen LogP contribution in [0.5, 0.6) is 0 Å². The Balaban J connectivity index is 1.98. The molecule has 1 aliphatic rings. The van der Waals surface area contributed by atoms with Gasteiger partial charge in [-0.2, -0.15) is 0 Å². The van der Waals surface area contributed by atoms with Crippen LogP contribution in [0.3, 0.4) is 0 Å². The summed E-state index contributed by atoms with van der Waals surface area (Å²) in [6.45, 7) is 0. The van der Waals surface area contributed by atoms with Crippen molar-refractivity contribution in [3.05, 3.63) is 34.2 Å². The lowest BCUT2D eigenvalue weighted by molar-refractivity contribution is 0.100. The number of aromatic nitrogens is 3. The number of amides is 1. The van der Waals surface area contributed by atoms with E-state index in [1.165, 1.54) is 11.8 Å². The maximum Gasteiger partial charge on any atom is 0.344 e. The van der Waals surface area contributed by atoms with Crippen molar-refractivity contribution in [3.8, 4) is 0 Å². The fourth-order valence-corrected chi connectivity index (χ4v) is 2.95. The molecular weight excluding hydrogens is 278 g/mol. The van der Waals surface area contributed by atoms with Crippen LogP contribution in [0.2, 0.25) is 0 Å². The van der Waals surface area contributed by atoms with Crippen molar-refractivity contribution in [3.63, 3.8) is 0 Å². The number of hydrogen-bond acceptors (Lipinski definition) is 5. The Bertz CT molecular complexity index is 732. The molecule has 0 aliphatic heterocycles. The Morgan fingerprint density at radius 3 is 2.85 bits per heavy atom. The average molecular weight is 291 g/mol. The van der Waals surface area contributed by atoms with Crippen LogP contribution >= 0.6 is 11.8 Å². The molecule has 0 saturated heterocycles. The predicted molar refractivity (Wildman–Crippen MR) is 74.6 cm³/mol. The van der Waals surface area contributed by atoms with Crippen molar-refractivity contribution < 1.29 is 4.79 Å². The molecule has 5 N–H and O–H groups in total. The van der Waals surface area contributed by atoms with Crippen LogP contribution in [-0.2, 0) is 0 Å². The number of aromatic amines is 1. The highest BCUT2D eigenvalue weighted by Gasteiger charge is 2.29. The van der Waals surface area contributed by atoms with Crippen molar-refractivity contribution in [2.75, 3.05) is 5.73 Å². The molecule has 1 heterocycles. The number of nitrogens with one attached hydrogen (secondary N) is 1. The molecule has 0 atom stereocenters. The first kappa shape index (κ1) is 12.8. The molecule has 8 heteroatoms. The highest BCUT2D eigenvalue weighted by atomic mass is 32.2. The minimum atomic E-state index is -0.577. The maximum atomic E-state index is 11.7. The smallest absolute Gasteiger partial charge is 0.344 e. The van der Waals surface area contributed by atoms with E-state index >= 15 is 0 Å². The number of hydrogen-bond donors (Lipinski definition) is 3. The second kappa shape index (κ2) is 4.71. The van der Waals surface area contributed by atoms with E-state index < -0.39 is 5.91 Å². The molecule has 1 aliphatic carbocycles. The van der Waals surface area contributed by atoms with E-state index in [1.54, 1.807) is 22.8 Å². The average Bonchev–Trinajstić information content (AvgIpc) is 3.17. The number of carbonyl (C=O) groups excluding carboxylic acids is 1. The van der Waals surface area contributed by atoms with Gasteiger partial charge in [-0.05, 0) is 36.7 Å². The number of carbonyl (C=O) groups is 1. The van der Waals surface area contributed by atoms with Crippen molar-refractivity contribution in [2.24, 2.45) is 5.73 Å². The van der Waals surface area contributed by atoms with Gasteiger partial charge in [0.1, 0.15) is 0 Å². The first-order chi connectivity index (χ1) is 9.58. The van der Waals surface area contributed by atoms with Gasteiger partial charge in [0.15, 0.2) is 5.16 Å². The van der Waals surface area contributed by atoms with Crippen molar-refractivity contribution >= 4 is 23.4 Å². The van der Waals surface area contributed by atoms with Gasteiger partial charge >= 0.3 is 5.69 Å². The quantitative estimate of drug-likeness (QED) is 0.717. The first-order valence-corrected chi connectivity index (χ1v) is 6.92. The van der Waals surface area contributed by atoms with Gasteiger partial charge in [0.2, 0.25) is 0 Å². The monoisotopic (exact) mass is 291 g/mol. The second-order valence-electron chi connectivity index (χ2n) is 4.60. The van der Waals surface area contributed by atoms with Crippen LogP contribution < -0.4 is 17.2 Å². The third-order valence-corrected chi connectivity index (χ3v) is 4.16. The fraction of sp³-hybridized carbons (Fsp3) is 0.250. The van der Waals surface area contributed by atoms with Crippen molar-refractivity contribution in [1.29, 1.82) is 0 Å². The second-order valence-corrected chi connectivity index (χ2v) is 5.61. The summed E-state index contributed by atoms with van der Waals surface area (Å²) in [6.07, 6.45) is 1.95. The summed E-state index contributed by atoms with van der Waals surface area (Å²) in [6, 6.07) is 5.25. The van der Waals surface area contributed by atoms with Crippen LogP contribution in [0.1, 0.15) is 29.2 Å². The van der Waals surface area contributed by atoms with Gasteiger partial charge in [-0.15, -0.1) is 5.10 Å². The van der Waals surface area contributed by atoms with E-state index in [2.05, 4.69) is 10.2 Å². The van der Waals surface area contributed by atoms with Crippen molar-refractivity contribution in [2.45, 2.75) is 28.9 Å². The van der Waals surface area contributed by atoms with Crippen LogP contribution in [0.4, 0.5) is 5.69 Å². The molecule has 1 aromatic carbocycles. The number of rotatable bonds is 4. The summed E-state index contributed by atoms with van der Waals surface area (Å²) in [5, 5.41) is 6.99. The first-order valence-electron chi connectivity index (χ1n) is 6.11. The van der Waals surface area contributed by atoms with E-state index in [0.29, 0.717) is 15.7 Å². The molecule has 0 unspecified atom stereocenters. The van der Waals surface area contributed by atoms with Gasteiger partial charge in [0.05, 0.1) is 11.3 Å². The molecule has 1 fully saturated rings. The number of H-pyrrole nitrogens is 1. The number of nitrogens with two attached hydrogens (primary N) is 2. The highest BCUT2D eigenvalue weighted by Crippen LogP contribution is 2.39. The molecule has 104 valence electrons. The van der Waals surface area contributed by atoms with E-state index in [0.717, 1.165) is 12.8 Å². The lowest BCUT2D eigenvalue weighted by Gasteiger charge is -2.08. The molecule has 20 heavy (non-hydrogen) atoms. The molecular formula is C12H13N5O2S. The lowest BCUT2D eigenvalue weighted by atomic mass is 10.2. The summed E-state index contributed by atoms with van der Waals surface area (Å²) in [5.41, 5.74) is 11.6. The van der Waals surface area contributed by atoms with E-state index in [-0.39, 0.29) is 17.3 Å². The number of nitrogens with zero attached hydrogens (tertiary/aromatic N) is 2. The zero-order chi connectivity index (χ0) is 14.3. The zero-order valence-electron chi connectivity index (χ0n) is 10.5. The summed E-state index contributed by atoms with van der Waals surface area (Å²) in [5.74, 6) is -0.577. The minimum absolute atomic E-state index is 0.212. The van der Waals surface area contributed by atoms with Gasteiger partial charge in [0.25, 0.3) is 5.91 Å². The van der Waals surface area contributed by atoms with Crippen LogP contribution in [0.25, 0.3) is 0 Å². The number of primary amides is 1. The van der Waals surface area contributed by atoms with Gasteiger partial charge in [-0.25, -0.2) is 9.89 Å². The molecule has 7 nitrogen and oxygen atoms in total. The fourth-order valence-electron chi connectivity index (χ4n) is 1.96. The summed E-state index contributed by atoms with van der Waals surface area (Å²) in [7, 11) is 0. The SMILES string of the molecule is NC(=O)c1cccc(Sc2n[nH]c(=O)n2C2CC2)c1N. The highest BCUT2D eigenvalue weighted by molar-refractivity contribution is 7.99. The summed E-state index contributed by atoms with van der Waals surface area (Å²) >= 11 is 1.25. The number of nitrogen functional groups attached to an aromatic ring is 1. The predicted octanol–water partition coefficient (Wildman–Crippen LogP) is 0.739. The Kier molecular flexibility index (Phi) is 3.01. The number of para-hydroxylation sites is 1. The minimum Gasteiger partial charge on any atom is -0.397 e.